The topological polar surface area (TPSA) is 0 Å². The van der Waals surface area contributed by atoms with Crippen LogP contribution in [-0.4, -0.2) is 5.25 Å². The second-order valence-corrected chi connectivity index (χ2v) is 5.13. The number of thioether (sulfide) groups is 1. The molecule has 74 valence electrons. The van der Waals surface area contributed by atoms with Gasteiger partial charge in [0.05, 0.1) is 0 Å². The molecular weight excluding hydrogens is 188 g/mol. The second-order valence-electron chi connectivity index (χ2n) is 3.95. The molecular formula is C13H16S. The quantitative estimate of drug-likeness (QED) is 0.716. The molecule has 0 radical (unpaired) electrons. The van der Waals surface area contributed by atoms with Gasteiger partial charge in [-0.1, -0.05) is 35.9 Å². The van der Waals surface area contributed by atoms with Crippen molar-refractivity contribution in [3.8, 4) is 0 Å². The van der Waals surface area contributed by atoms with E-state index in [9.17, 15) is 0 Å². The Hall–Kier alpha value is -0.690. The molecule has 1 heterocycles. The molecule has 14 heavy (non-hydrogen) atoms. The van der Waals surface area contributed by atoms with E-state index in [4.69, 9.17) is 0 Å². The molecule has 1 unspecified atom stereocenters. The van der Waals surface area contributed by atoms with E-state index in [1.807, 2.05) is 11.8 Å². The molecule has 1 aromatic carbocycles. The summed E-state index contributed by atoms with van der Waals surface area (Å²) in [5.74, 6) is 0. The molecule has 0 aliphatic carbocycles. The van der Waals surface area contributed by atoms with Gasteiger partial charge in [0.15, 0.2) is 0 Å². The Balaban J connectivity index is 1.79. The van der Waals surface area contributed by atoms with Crippen molar-refractivity contribution in [2.45, 2.75) is 31.4 Å². The Bertz CT molecular complexity index is 313. The molecule has 0 aromatic heterocycles. The highest BCUT2D eigenvalue weighted by Gasteiger charge is 2.14. The molecule has 1 aromatic rings. The predicted octanol–water partition coefficient (Wildman–Crippen LogP) is 4.03. The number of benzene rings is 1. The maximum Gasteiger partial charge on any atom is 0.0129 e. The summed E-state index contributed by atoms with van der Waals surface area (Å²) >= 11 is 2.01. The van der Waals surface area contributed by atoms with Crippen molar-refractivity contribution >= 4 is 11.8 Å². The highest BCUT2D eigenvalue weighted by Crippen LogP contribution is 2.32. The summed E-state index contributed by atoms with van der Waals surface area (Å²) in [6.45, 7) is 2.23. The zero-order chi connectivity index (χ0) is 9.80. The fraction of sp³-hybridized carbons (Fsp3) is 0.385. The highest BCUT2D eigenvalue weighted by molar-refractivity contribution is 8.03. The van der Waals surface area contributed by atoms with Crippen LogP contribution in [0.4, 0.5) is 0 Å². The highest BCUT2D eigenvalue weighted by atomic mass is 32.2. The Morgan fingerprint density at radius 1 is 1.29 bits per heavy atom. The monoisotopic (exact) mass is 204 g/mol. The van der Waals surface area contributed by atoms with Crippen molar-refractivity contribution in [3.05, 3.63) is 46.9 Å². The molecule has 2 rings (SSSR count). The van der Waals surface area contributed by atoms with Crippen LogP contribution in [0.25, 0.3) is 0 Å². The van der Waals surface area contributed by atoms with E-state index in [-0.39, 0.29) is 0 Å². The molecule has 0 N–H and O–H groups in total. The van der Waals surface area contributed by atoms with Gasteiger partial charge in [0.25, 0.3) is 0 Å². The van der Waals surface area contributed by atoms with Gasteiger partial charge in [-0.05, 0) is 37.2 Å². The SMILES string of the molecule is CC1=CSC(CCc2ccccc2)C1. The van der Waals surface area contributed by atoms with Crippen LogP contribution in [0.3, 0.4) is 0 Å². The molecule has 1 atom stereocenters. The van der Waals surface area contributed by atoms with Gasteiger partial charge in [-0.25, -0.2) is 0 Å². The summed E-state index contributed by atoms with van der Waals surface area (Å²) in [6.07, 6.45) is 3.82. The fourth-order valence-corrected chi connectivity index (χ4v) is 2.94. The number of rotatable bonds is 3. The summed E-state index contributed by atoms with van der Waals surface area (Å²) in [5.41, 5.74) is 3.02. The molecule has 0 bridgehead atoms. The molecule has 1 aliphatic heterocycles. The van der Waals surface area contributed by atoms with Gasteiger partial charge in [-0.3, -0.25) is 0 Å². The normalized spacial score (nSPS) is 20.9. The van der Waals surface area contributed by atoms with Crippen LogP contribution in [0.15, 0.2) is 41.3 Å². The first-order valence-corrected chi connectivity index (χ1v) is 6.14. The van der Waals surface area contributed by atoms with E-state index in [1.165, 1.54) is 24.8 Å². The van der Waals surface area contributed by atoms with Crippen LogP contribution in [0.1, 0.15) is 25.3 Å². The lowest BCUT2D eigenvalue weighted by Crippen LogP contribution is -2.00. The zero-order valence-electron chi connectivity index (χ0n) is 8.57. The minimum Gasteiger partial charge on any atom is -0.130 e. The van der Waals surface area contributed by atoms with Gasteiger partial charge in [0.1, 0.15) is 0 Å². The molecule has 0 amide bonds. The number of aryl methyl sites for hydroxylation is 1. The fourth-order valence-electron chi connectivity index (χ4n) is 1.81. The first-order valence-electron chi connectivity index (χ1n) is 5.19. The smallest absolute Gasteiger partial charge is 0.0129 e. The molecule has 0 saturated carbocycles. The van der Waals surface area contributed by atoms with Gasteiger partial charge in [-0.15, -0.1) is 11.8 Å². The standard InChI is InChI=1S/C13H16S/c1-11-9-13(14-10-11)8-7-12-5-3-2-4-6-12/h2-6,10,13H,7-9H2,1H3. The van der Waals surface area contributed by atoms with Gasteiger partial charge in [-0.2, -0.15) is 0 Å². The van der Waals surface area contributed by atoms with E-state index >= 15 is 0 Å². The van der Waals surface area contributed by atoms with Gasteiger partial charge < -0.3 is 0 Å². The summed E-state index contributed by atoms with van der Waals surface area (Å²) < 4.78 is 0. The van der Waals surface area contributed by atoms with Crippen molar-refractivity contribution in [2.24, 2.45) is 0 Å². The zero-order valence-corrected chi connectivity index (χ0v) is 9.39. The first kappa shape index (κ1) is 9.85. The predicted molar refractivity (Wildman–Crippen MR) is 64.5 cm³/mol. The van der Waals surface area contributed by atoms with Gasteiger partial charge in [0, 0.05) is 5.25 Å². The van der Waals surface area contributed by atoms with E-state index < -0.39 is 0 Å². The van der Waals surface area contributed by atoms with Crippen molar-refractivity contribution in [2.75, 3.05) is 0 Å². The van der Waals surface area contributed by atoms with Crippen LogP contribution >= 0.6 is 11.8 Å². The van der Waals surface area contributed by atoms with Crippen molar-refractivity contribution in [1.29, 1.82) is 0 Å². The average Bonchev–Trinajstić information content (AvgIpc) is 2.63. The summed E-state index contributed by atoms with van der Waals surface area (Å²) in [5, 5.41) is 3.14. The third kappa shape index (κ3) is 2.65. The van der Waals surface area contributed by atoms with Crippen LogP contribution in [0.5, 0.6) is 0 Å². The Morgan fingerprint density at radius 2 is 2.07 bits per heavy atom. The van der Waals surface area contributed by atoms with E-state index in [1.54, 1.807) is 5.57 Å². The molecule has 0 spiro atoms. The summed E-state index contributed by atoms with van der Waals surface area (Å²) in [4.78, 5) is 0. The first-order chi connectivity index (χ1) is 6.84. The van der Waals surface area contributed by atoms with Crippen molar-refractivity contribution < 1.29 is 0 Å². The lowest BCUT2D eigenvalue weighted by atomic mass is 10.1. The number of hydrogen-bond donors (Lipinski definition) is 0. The van der Waals surface area contributed by atoms with Crippen LogP contribution in [-0.2, 0) is 6.42 Å². The Morgan fingerprint density at radius 3 is 2.71 bits per heavy atom. The maximum absolute atomic E-state index is 2.32. The maximum atomic E-state index is 2.32. The molecule has 1 heteroatoms. The van der Waals surface area contributed by atoms with E-state index in [2.05, 4.69) is 42.7 Å². The Labute approximate surface area is 90.4 Å². The average molecular weight is 204 g/mol. The summed E-state index contributed by atoms with van der Waals surface area (Å²) in [6, 6.07) is 10.8. The molecule has 0 saturated heterocycles. The van der Waals surface area contributed by atoms with Crippen LogP contribution in [0.2, 0.25) is 0 Å². The van der Waals surface area contributed by atoms with Crippen LogP contribution < -0.4 is 0 Å². The van der Waals surface area contributed by atoms with Crippen LogP contribution in [0, 0.1) is 0 Å². The molecule has 1 aliphatic rings. The number of allylic oxidation sites excluding steroid dienone is 1. The summed E-state index contributed by atoms with van der Waals surface area (Å²) in [7, 11) is 0. The third-order valence-corrected chi connectivity index (χ3v) is 3.93. The number of hydrogen-bond acceptors (Lipinski definition) is 1. The minimum atomic E-state index is 0.829. The van der Waals surface area contributed by atoms with Gasteiger partial charge in [0.2, 0.25) is 0 Å². The molecule has 0 nitrogen and oxygen atoms in total. The Kier molecular flexibility index (Phi) is 3.30. The van der Waals surface area contributed by atoms with Gasteiger partial charge >= 0.3 is 0 Å². The lowest BCUT2D eigenvalue weighted by Gasteiger charge is -2.08. The van der Waals surface area contributed by atoms with E-state index in [0.29, 0.717) is 0 Å². The molecule has 0 fully saturated rings. The largest absolute Gasteiger partial charge is 0.130 e. The van der Waals surface area contributed by atoms with Crippen molar-refractivity contribution in [1.82, 2.24) is 0 Å². The van der Waals surface area contributed by atoms with Crippen molar-refractivity contribution in [3.63, 3.8) is 0 Å². The lowest BCUT2D eigenvalue weighted by molar-refractivity contribution is 0.759. The minimum absolute atomic E-state index is 0.829. The second kappa shape index (κ2) is 4.70. The van der Waals surface area contributed by atoms with E-state index in [0.717, 1.165) is 5.25 Å². The third-order valence-electron chi connectivity index (χ3n) is 2.61.